The lowest BCUT2D eigenvalue weighted by Crippen LogP contribution is -2.35. The number of anilines is 1. The van der Waals surface area contributed by atoms with E-state index in [1.54, 1.807) is 24.3 Å². The van der Waals surface area contributed by atoms with Gasteiger partial charge in [-0.15, -0.1) is 0 Å². The molecule has 1 aliphatic heterocycles. The minimum absolute atomic E-state index is 0.000454. The Morgan fingerprint density at radius 2 is 1.79 bits per heavy atom. The highest BCUT2D eigenvalue weighted by molar-refractivity contribution is 7.92. The second-order valence-electron chi connectivity index (χ2n) is 7.33. The summed E-state index contributed by atoms with van der Waals surface area (Å²) in [5.74, 6) is 0.443. The van der Waals surface area contributed by atoms with Crippen molar-refractivity contribution in [3.05, 3.63) is 82.3 Å². The highest BCUT2D eigenvalue weighted by atomic mass is 35.5. The molecular formula is C23H20Cl2N2O5S. The van der Waals surface area contributed by atoms with Crippen LogP contribution in [0.1, 0.15) is 16.8 Å². The average Bonchev–Trinajstić information content (AvgIpc) is 3.30. The molecule has 7 nitrogen and oxygen atoms in total. The van der Waals surface area contributed by atoms with Gasteiger partial charge in [-0.05, 0) is 61.0 Å². The van der Waals surface area contributed by atoms with Crippen molar-refractivity contribution in [1.82, 2.24) is 5.32 Å². The first kappa shape index (κ1) is 23.4. The Hall–Kier alpha value is -2.78. The summed E-state index contributed by atoms with van der Waals surface area (Å²) < 4.78 is 39.4. The van der Waals surface area contributed by atoms with Crippen molar-refractivity contribution in [3.8, 4) is 11.5 Å². The topological polar surface area (TPSA) is 93.7 Å². The van der Waals surface area contributed by atoms with Crippen LogP contribution < -0.4 is 14.8 Å². The smallest absolute Gasteiger partial charge is 0.261 e. The number of nitrogens with one attached hydrogen (secondary N) is 2. The van der Waals surface area contributed by atoms with E-state index in [4.69, 9.17) is 32.7 Å². The number of hydrogen-bond acceptors (Lipinski definition) is 5. The fraction of sp³-hybridized carbons (Fsp3) is 0.174. The Kier molecular flexibility index (Phi) is 7.09. The van der Waals surface area contributed by atoms with Gasteiger partial charge in [0.05, 0.1) is 33.8 Å². The normalized spacial score (nSPS) is 15.8. The molecule has 1 aliphatic rings. The SMILES string of the molecule is O=C(N[C@H]1CCOC1)c1cc(Cl)ccc1NS(=O)(=O)c1ccc(Oc2ccccc2Cl)cc1. The van der Waals surface area contributed by atoms with Crippen LogP contribution in [0.15, 0.2) is 71.6 Å². The molecular weight excluding hydrogens is 487 g/mol. The van der Waals surface area contributed by atoms with Crippen LogP contribution in [-0.2, 0) is 14.8 Å². The number of benzene rings is 3. The Morgan fingerprint density at radius 1 is 1.03 bits per heavy atom. The molecule has 0 aromatic heterocycles. The predicted octanol–water partition coefficient (Wildman–Crippen LogP) is 5.11. The van der Waals surface area contributed by atoms with Gasteiger partial charge in [0.1, 0.15) is 11.5 Å². The summed E-state index contributed by atoms with van der Waals surface area (Å²) >= 11 is 12.1. The van der Waals surface area contributed by atoms with Crippen LogP contribution in [0.5, 0.6) is 11.5 Å². The molecule has 1 amide bonds. The monoisotopic (exact) mass is 506 g/mol. The van der Waals surface area contributed by atoms with Gasteiger partial charge in [0.25, 0.3) is 15.9 Å². The minimum atomic E-state index is -3.99. The summed E-state index contributed by atoms with van der Waals surface area (Å²) in [7, 11) is -3.99. The molecule has 33 heavy (non-hydrogen) atoms. The molecule has 1 atom stereocenters. The zero-order valence-corrected chi connectivity index (χ0v) is 19.6. The van der Waals surface area contributed by atoms with Gasteiger partial charge in [-0.2, -0.15) is 0 Å². The molecule has 3 aromatic rings. The van der Waals surface area contributed by atoms with Crippen LogP contribution in [0.2, 0.25) is 10.0 Å². The van der Waals surface area contributed by atoms with Crippen LogP contribution in [0.4, 0.5) is 5.69 Å². The van der Waals surface area contributed by atoms with Gasteiger partial charge in [-0.25, -0.2) is 8.42 Å². The van der Waals surface area contributed by atoms with E-state index in [0.717, 1.165) is 0 Å². The molecule has 1 saturated heterocycles. The maximum Gasteiger partial charge on any atom is 0.261 e. The minimum Gasteiger partial charge on any atom is -0.456 e. The third-order valence-electron chi connectivity index (χ3n) is 4.93. The molecule has 2 N–H and O–H groups in total. The lowest BCUT2D eigenvalue weighted by atomic mass is 10.1. The summed E-state index contributed by atoms with van der Waals surface area (Å²) in [6, 6.07) is 17.1. The fourth-order valence-electron chi connectivity index (χ4n) is 3.25. The number of sulfonamides is 1. The van der Waals surface area contributed by atoms with Crippen molar-refractivity contribution in [2.24, 2.45) is 0 Å². The Balaban J connectivity index is 1.52. The number of hydrogen-bond donors (Lipinski definition) is 2. The highest BCUT2D eigenvalue weighted by Crippen LogP contribution is 2.30. The number of carbonyl (C=O) groups is 1. The van der Waals surface area contributed by atoms with Crippen molar-refractivity contribution < 1.29 is 22.7 Å². The van der Waals surface area contributed by atoms with Crippen molar-refractivity contribution in [2.45, 2.75) is 17.4 Å². The first-order valence-electron chi connectivity index (χ1n) is 10.1. The lowest BCUT2D eigenvalue weighted by molar-refractivity contribution is 0.0931. The number of halogens is 2. The molecule has 0 unspecified atom stereocenters. The van der Waals surface area contributed by atoms with Gasteiger partial charge in [0, 0.05) is 11.6 Å². The molecule has 0 aliphatic carbocycles. The van der Waals surface area contributed by atoms with Gasteiger partial charge in [0.2, 0.25) is 0 Å². The van der Waals surface area contributed by atoms with Crippen molar-refractivity contribution >= 4 is 44.8 Å². The third kappa shape index (κ3) is 5.78. The van der Waals surface area contributed by atoms with E-state index in [-0.39, 0.29) is 22.2 Å². The fourth-order valence-corrected chi connectivity index (χ4v) is 4.68. The quantitative estimate of drug-likeness (QED) is 0.464. The van der Waals surface area contributed by atoms with Gasteiger partial charge < -0.3 is 14.8 Å². The Bertz CT molecular complexity index is 1260. The van der Waals surface area contributed by atoms with Crippen molar-refractivity contribution in [1.29, 1.82) is 0 Å². The first-order valence-corrected chi connectivity index (χ1v) is 12.3. The molecule has 10 heteroatoms. The zero-order valence-electron chi connectivity index (χ0n) is 17.3. The standard InChI is InChI=1S/C23H20Cl2N2O5S/c24-15-5-10-21(19(13-15)23(28)26-16-11-12-31-14-16)27-33(29,30)18-8-6-17(7-9-18)32-22-4-2-1-3-20(22)25/h1-10,13,16,27H,11-12,14H2,(H,26,28)/t16-/m0/s1. The Labute approximate surface area is 201 Å². The number of para-hydroxylation sites is 1. The largest absolute Gasteiger partial charge is 0.456 e. The third-order valence-corrected chi connectivity index (χ3v) is 6.86. The number of carbonyl (C=O) groups excluding carboxylic acids is 1. The zero-order chi connectivity index (χ0) is 23.4. The number of amides is 1. The molecule has 1 fully saturated rings. The highest BCUT2D eigenvalue weighted by Gasteiger charge is 2.23. The van der Waals surface area contributed by atoms with E-state index in [2.05, 4.69) is 10.0 Å². The maximum absolute atomic E-state index is 13.0. The van der Waals surface area contributed by atoms with Crippen LogP contribution in [0.3, 0.4) is 0 Å². The second kappa shape index (κ2) is 10.0. The van der Waals surface area contributed by atoms with E-state index in [9.17, 15) is 13.2 Å². The molecule has 1 heterocycles. The second-order valence-corrected chi connectivity index (χ2v) is 9.86. The molecule has 0 saturated carbocycles. The van der Waals surface area contributed by atoms with Crippen LogP contribution in [0.25, 0.3) is 0 Å². The first-order chi connectivity index (χ1) is 15.8. The van der Waals surface area contributed by atoms with Crippen LogP contribution in [0, 0.1) is 0 Å². The average molecular weight is 507 g/mol. The van der Waals surface area contributed by atoms with Crippen LogP contribution in [-0.4, -0.2) is 33.6 Å². The molecule has 0 spiro atoms. The summed E-state index contributed by atoms with van der Waals surface area (Å²) in [4.78, 5) is 12.8. The van der Waals surface area contributed by atoms with Gasteiger partial charge in [0.15, 0.2) is 0 Å². The summed E-state index contributed by atoms with van der Waals surface area (Å²) in [6.45, 7) is 0.978. The van der Waals surface area contributed by atoms with Crippen molar-refractivity contribution in [3.63, 3.8) is 0 Å². The van der Waals surface area contributed by atoms with E-state index >= 15 is 0 Å². The molecule has 0 radical (unpaired) electrons. The number of rotatable bonds is 7. The summed E-state index contributed by atoms with van der Waals surface area (Å²) in [5.41, 5.74) is 0.240. The summed E-state index contributed by atoms with van der Waals surface area (Å²) in [6.07, 6.45) is 0.690. The number of ether oxygens (including phenoxy) is 2. The van der Waals surface area contributed by atoms with Gasteiger partial charge >= 0.3 is 0 Å². The van der Waals surface area contributed by atoms with Crippen molar-refractivity contribution in [2.75, 3.05) is 17.9 Å². The lowest BCUT2D eigenvalue weighted by Gasteiger charge is -2.15. The van der Waals surface area contributed by atoms with E-state index in [0.29, 0.717) is 41.2 Å². The van der Waals surface area contributed by atoms with Gasteiger partial charge in [-0.3, -0.25) is 9.52 Å². The van der Waals surface area contributed by atoms with Gasteiger partial charge in [-0.1, -0.05) is 35.3 Å². The summed E-state index contributed by atoms with van der Waals surface area (Å²) in [5, 5.41) is 3.59. The predicted molar refractivity (Wildman–Crippen MR) is 127 cm³/mol. The van der Waals surface area contributed by atoms with E-state index < -0.39 is 15.9 Å². The molecule has 4 rings (SSSR count). The molecule has 0 bridgehead atoms. The molecule has 3 aromatic carbocycles. The van der Waals surface area contributed by atoms with Crippen LogP contribution >= 0.6 is 23.2 Å². The van der Waals surface area contributed by atoms with E-state index in [1.807, 2.05) is 0 Å². The maximum atomic E-state index is 13.0. The van der Waals surface area contributed by atoms with E-state index in [1.165, 1.54) is 42.5 Å². The Morgan fingerprint density at radius 3 is 2.48 bits per heavy atom. The molecule has 172 valence electrons.